The number of rotatable bonds is 4. The lowest BCUT2D eigenvalue weighted by Gasteiger charge is -2.21. The van der Waals surface area contributed by atoms with Crippen LogP contribution in [-0.4, -0.2) is 67.1 Å². The molecule has 2 saturated heterocycles. The molecule has 6 nitrogen and oxygen atoms in total. The largest absolute Gasteiger partial charge is 0.491 e. The highest BCUT2D eigenvalue weighted by molar-refractivity contribution is 5.94. The molecule has 25 heavy (non-hydrogen) atoms. The number of carbonyl (C=O) groups excluding carboxylic acids is 2. The van der Waals surface area contributed by atoms with Crippen LogP contribution in [0.25, 0.3) is 0 Å². The molecule has 2 aliphatic rings. The molecule has 0 aromatic heterocycles. The van der Waals surface area contributed by atoms with Crippen LogP contribution >= 0.6 is 0 Å². The molecule has 0 radical (unpaired) electrons. The lowest BCUT2D eigenvalue weighted by atomic mass is 10.2. The summed E-state index contributed by atoms with van der Waals surface area (Å²) >= 11 is 0. The minimum Gasteiger partial charge on any atom is -0.491 e. The van der Waals surface area contributed by atoms with Crippen LogP contribution in [0.15, 0.2) is 24.3 Å². The summed E-state index contributed by atoms with van der Waals surface area (Å²) in [5, 5.41) is 0. The van der Waals surface area contributed by atoms with Crippen LogP contribution in [0.4, 0.5) is 0 Å². The summed E-state index contributed by atoms with van der Waals surface area (Å²) in [6, 6.07) is 7.28. The molecule has 1 unspecified atom stereocenters. The minimum atomic E-state index is 0.0103. The normalized spacial score (nSPS) is 21.1. The van der Waals surface area contributed by atoms with Gasteiger partial charge in [0.25, 0.3) is 5.91 Å². The fourth-order valence-electron chi connectivity index (χ4n) is 3.28. The highest BCUT2D eigenvalue weighted by Crippen LogP contribution is 2.18. The molecule has 1 atom stereocenters. The van der Waals surface area contributed by atoms with Crippen LogP contribution in [0.5, 0.6) is 5.75 Å². The van der Waals surface area contributed by atoms with E-state index in [2.05, 4.69) is 0 Å². The van der Waals surface area contributed by atoms with Gasteiger partial charge in [-0.05, 0) is 43.5 Å². The Kier molecular flexibility index (Phi) is 5.91. The summed E-state index contributed by atoms with van der Waals surface area (Å²) in [5.41, 5.74) is 0.653. The lowest BCUT2D eigenvalue weighted by molar-refractivity contribution is -0.128. The quantitative estimate of drug-likeness (QED) is 0.836. The SMILES string of the molecule is CC(=O)N1CCCN(C(=O)c2ccc(OCC3CCCO3)cc2)CC1. The Morgan fingerprint density at radius 3 is 2.48 bits per heavy atom. The van der Waals surface area contributed by atoms with Crippen molar-refractivity contribution in [1.29, 1.82) is 0 Å². The molecule has 136 valence electrons. The standard InChI is InChI=1S/C19H26N2O4/c1-15(22)20-9-3-10-21(12-11-20)19(23)16-5-7-17(8-6-16)25-14-18-4-2-13-24-18/h5-8,18H,2-4,9-14H2,1H3. The van der Waals surface area contributed by atoms with E-state index in [1.54, 1.807) is 24.0 Å². The maximum Gasteiger partial charge on any atom is 0.253 e. The molecule has 6 heteroatoms. The van der Waals surface area contributed by atoms with E-state index in [9.17, 15) is 9.59 Å². The Bertz CT molecular complexity index is 596. The van der Waals surface area contributed by atoms with Crippen LogP contribution in [0.3, 0.4) is 0 Å². The maximum absolute atomic E-state index is 12.7. The van der Waals surface area contributed by atoms with E-state index in [1.807, 2.05) is 17.0 Å². The van der Waals surface area contributed by atoms with Crippen molar-refractivity contribution in [3.63, 3.8) is 0 Å². The third kappa shape index (κ3) is 4.72. The van der Waals surface area contributed by atoms with Gasteiger partial charge in [-0.3, -0.25) is 9.59 Å². The Morgan fingerprint density at radius 1 is 1.08 bits per heavy atom. The number of carbonyl (C=O) groups is 2. The third-order valence-electron chi connectivity index (χ3n) is 4.79. The second-order valence-electron chi connectivity index (χ2n) is 6.62. The van der Waals surface area contributed by atoms with Crippen LogP contribution in [0.2, 0.25) is 0 Å². The van der Waals surface area contributed by atoms with Gasteiger partial charge in [-0.2, -0.15) is 0 Å². The number of hydrogen-bond donors (Lipinski definition) is 0. The summed E-state index contributed by atoms with van der Waals surface area (Å²) in [6.45, 7) is 5.53. The van der Waals surface area contributed by atoms with Crippen molar-refractivity contribution in [3.05, 3.63) is 29.8 Å². The zero-order valence-corrected chi connectivity index (χ0v) is 14.8. The maximum atomic E-state index is 12.7. The average molecular weight is 346 g/mol. The van der Waals surface area contributed by atoms with Gasteiger partial charge in [-0.1, -0.05) is 0 Å². The van der Waals surface area contributed by atoms with E-state index < -0.39 is 0 Å². The van der Waals surface area contributed by atoms with Gasteiger partial charge in [-0.25, -0.2) is 0 Å². The summed E-state index contributed by atoms with van der Waals surface area (Å²) < 4.78 is 11.3. The molecule has 2 heterocycles. The van der Waals surface area contributed by atoms with Gasteiger partial charge in [0, 0.05) is 45.3 Å². The molecular formula is C19H26N2O4. The van der Waals surface area contributed by atoms with Crippen molar-refractivity contribution in [1.82, 2.24) is 9.80 Å². The van der Waals surface area contributed by atoms with Crippen molar-refractivity contribution in [3.8, 4) is 5.75 Å². The van der Waals surface area contributed by atoms with Crippen molar-refractivity contribution < 1.29 is 19.1 Å². The van der Waals surface area contributed by atoms with Gasteiger partial charge in [0.15, 0.2) is 0 Å². The predicted molar refractivity (Wildman–Crippen MR) is 93.7 cm³/mol. The summed E-state index contributed by atoms with van der Waals surface area (Å²) in [7, 11) is 0. The molecular weight excluding hydrogens is 320 g/mol. The Labute approximate surface area is 148 Å². The van der Waals surface area contributed by atoms with E-state index in [-0.39, 0.29) is 17.9 Å². The topological polar surface area (TPSA) is 59.1 Å². The van der Waals surface area contributed by atoms with Gasteiger partial charge in [0.1, 0.15) is 12.4 Å². The zero-order valence-electron chi connectivity index (χ0n) is 14.8. The molecule has 1 aromatic carbocycles. The number of benzene rings is 1. The van der Waals surface area contributed by atoms with Gasteiger partial charge < -0.3 is 19.3 Å². The Morgan fingerprint density at radius 2 is 1.80 bits per heavy atom. The molecule has 2 aliphatic heterocycles. The van der Waals surface area contributed by atoms with Gasteiger partial charge in [-0.15, -0.1) is 0 Å². The summed E-state index contributed by atoms with van der Waals surface area (Å²) in [6.07, 6.45) is 3.14. The highest BCUT2D eigenvalue weighted by atomic mass is 16.5. The highest BCUT2D eigenvalue weighted by Gasteiger charge is 2.21. The van der Waals surface area contributed by atoms with Crippen molar-refractivity contribution in [2.24, 2.45) is 0 Å². The van der Waals surface area contributed by atoms with Crippen molar-refractivity contribution in [2.75, 3.05) is 39.4 Å². The first-order valence-corrected chi connectivity index (χ1v) is 9.03. The predicted octanol–water partition coefficient (Wildman–Crippen LogP) is 1.94. The van der Waals surface area contributed by atoms with E-state index in [4.69, 9.17) is 9.47 Å². The molecule has 2 fully saturated rings. The first-order valence-electron chi connectivity index (χ1n) is 9.03. The lowest BCUT2D eigenvalue weighted by Crippen LogP contribution is -2.36. The summed E-state index contributed by atoms with van der Waals surface area (Å²) in [4.78, 5) is 27.8. The summed E-state index contributed by atoms with van der Waals surface area (Å²) in [5.74, 6) is 0.837. The first-order chi connectivity index (χ1) is 12.1. The molecule has 2 amide bonds. The van der Waals surface area contributed by atoms with Crippen LogP contribution in [-0.2, 0) is 9.53 Å². The third-order valence-corrected chi connectivity index (χ3v) is 4.79. The molecule has 0 saturated carbocycles. The van der Waals surface area contributed by atoms with E-state index >= 15 is 0 Å². The second-order valence-corrected chi connectivity index (χ2v) is 6.62. The Hall–Kier alpha value is -2.08. The van der Waals surface area contributed by atoms with Crippen LogP contribution in [0, 0.1) is 0 Å². The van der Waals surface area contributed by atoms with Gasteiger partial charge >= 0.3 is 0 Å². The van der Waals surface area contributed by atoms with E-state index in [0.717, 1.165) is 38.2 Å². The molecule has 1 aromatic rings. The molecule has 3 rings (SSSR count). The van der Waals surface area contributed by atoms with Crippen molar-refractivity contribution >= 4 is 11.8 Å². The number of amides is 2. The fraction of sp³-hybridized carbons (Fsp3) is 0.579. The minimum absolute atomic E-state index is 0.0103. The molecule has 0 N–H and O–H groups in total. The molecule has 0 spiro atoms. The number of nitrogens with zero attached hydrogens (tertiary/aromatic N) is 2. The second kappa shape index (κ2) is 8.34. The number of hydrogen-bond acceptors (Lipinski definition) is 4. The fourth-order valence-corrected chi connectivity index (χ4v) is 3.28. The monoisotopic (exact) mass is 346 g/mol. The average Bonchev–Trinajstić information content (AvgIpc) is 3.02. The molecule has 0 aliphatic carbocycles. The van der Waals surface area contributed by atoms with Crippen LogP contribution in [0.1, 0.15) is 36.5 Å². The Balaban J connectivity index is 1.54. The van der Waals surface area contributed by atoms with Gasteiger partial charge in [0.05, 0.1) is 6.10 Å². The van der Waals surface area contributed by atoms with Gasteiger partial charge in [0.2, 0.25) is 5.91 Å². The smallest absolute Gasteiger partial charge is 0.253 e. The zero-order chi connectivity index (χ0) is 17.6. The van der Waals surface area contributed by atoms with E-state index in [1.165, 1.54) is 0 Å². The first kappa shape index (κ1) is 17.7. The van der Waals surface area contributed by atoms with Crippen molar-refractivity contribution in [2.45, 2.75) is 32.3 Å². The number of ether oxygens (including phenoxy) is 2. The van der Waals surface area contributed by atoms with E-state index in [0.29, 0.717) is 31.8 Å². The van der Waals surface area contributed by atoms with Crippen LogP contribution < -0.4 is 4.74 Å². The molecule has 0 bridgehead atoms.